The van der Waals surface area contributed by atoms with Gasteiger partial charge in [-0.15, -0.1) is 0 Å². The van der Waals surface area contributed by atoms with Crippen LogP contribution in [0.25, 0.3) is 0 Å². The molecule has 1 unspecified atom stereocenters. The molecule has 0 aromatic heterocycles. The van der Waals surface area contributed by atoms with Gasteiger partial charge in [0.1, 0.15) is 12.4 Å². The Hall–Kier alpha value is -0.580. The van der Waals surface area contributed by atoms with E-state index in [1.165, 1.54) is 0 Å². The van der Waals surface area contributed by atoms with Crippen LogP contribution in [0.1, 0.15) is 57.6 Å². The monoisotopic (exact) mass is 355 g/mol. The minimum Gasteiger partial charge on any atom is -0.490 e. The second-order valence-electron chi connectivity index (χ2n) is 6.08. The van der Waals surface area contributed by atoms with Crippen LogP contribution in [-0.4, -0.2) is 23.9 Å². The van der Waals surface area contributed by atoms with Crippen molar-refractivity contribution < 1.29 is 9.84 Å². The lowest BCUT2D eigenvalue weighted by Crippen LogP contribution is -2.32. The topological polar surface area (TPSA) is 41.5 Å². The lowest BCUT2D eigenvalue weighted by molar-refractivity contribution is 0.000991. The zero-order valence-corrected chi connectivity index (χ0v) is 14.6. The zero-order chi connectivity index (χ0) is 15.3. The Labute approximate surface area is 136 Å². The van der Waals surface area contributed by atoms with Gasteiger partial charge in [-0.25, -0.2) is 0 Å². The maximum absolute atomic E-state index is 10.4. The largest absolute Gasteiger partial charge is 0.490 e. The van der Waals surface area contributed by atoms with Gasteiger partial charge < -0.3 is 15.2 Å². The van der Waals surface area contributed by atoms with Crippen molar-refractivity contribution in [2.45, 2.75) is 57.6 Å². The molecule has 1 aromatic rings. The molecule has 118 valence electrons. The Bertz CT molecular complexity index is 458. The Balaban J connectivity index is 2.07. The number of hydrogen-bond acceptors (Lipinski definition) is 3. The number of rotatable bonds is 7. The van der Waals surface area contributed by atoms with Gasteiger partial charge in [0.2, 0.25) is 0 Å². The van der Waals surface area contributed by atoms with Crippen LogP contribution >= 0.6 is 15.9 Å². The molecule has 1 aromatic carbocycles. The molecule has 0 aliphatic heterocycles. The summed E-state index contributed by atoms with van der Waals surface area (Å²) >= 11 is 3.50. The highest BCUT2D eigenvalue weighted by Crippen LogP contribution is 2.33. The molecule has 21 heavy (non-hydrogen) atoms. The van der Waals surface area contributed by atoms with E-state index < -0.39 is 5.60 Å². The van der Waals surface area contributed by atoms with Gasteiger partial charge in [0, 0.05) is 16.1 Å². The Morgan fingerprint density at radius 3 is 2.76 bits per heavy atom. The van der Waals surface area contributed by atoms with Crippen molar-refractivity contribution in [3.05, 3.63) is 28.2 Å². The van der Waals surface area contributed by atoms with Crippen LogP contribution in [0.3, 0.4) is 0 Å². The van der Waals surface area contributed by atoms with Gasteiger partial charge in [0.25, 0.3) is 0 Å². The van der Waals surface area contributed by atoms with Crippen molar-refractivity contribution in [2.24, 2.45) is 0 Å². The summed E-state index contributed by atoms with van der Waals surface area (Å²) in [6.45, 7) is 5.68. The molecule has 4 heteroatoms. The molecule has 1 aliphatic carbocycles. The lowest BCUT2D eigenvalue weighted by atomic mass is 10.0. The van der Waals surface area contributed by atoms with Crippen molar-refractivity contribution in [1.82, 2.24) is 5.32 Å². The first-order chi connectivity index (χ1) is 10.0. The summed E-state index contributed by atoms with van der Waals surface area (Å²) in [5, 5.41) is 13.9. The van der Waals surface area contributed by atoms with Crippen LogP contribution in [-0.2, 0) is 0 Å². The molecule has 0 radical (unpaired) electrons. The first kappa shape index (κ1) is 16.8. The van der Waals surface area contributed by atoms with Gasteiger partial charge in [0.15, 0.2) is 0 Å². The second kappa shape index (κ2) is 7.61. The second-order valence-corrected chi connectivity index (χ2v) is 6.99. The van der Waals surface area contributed by atoms with Crippen LogP contribution in [0.5, 0.6) is 5.75 Å². The molecule has 1 atom stereocenters. The van der Waals surface area contributed by atoms with E-state index in [1.807, 2.05) is 12.1 Å². The minimum atomic E-state index is -0.639. The molecule has 0 saturated heterocycles. The lowest BCUT2D eigenvalue weighted by Gasteiger charge is -2.24. The average molecular weight is 356 g/mol. The van der Waals surface area contributed by atoms with Crippen molar-refractivity contribution in [2.75, 3.05) is 13.2 Å². The number of benzene rings is 1. The van der Waals surface area contributed by atoms with E-state index >= 15 is 0 Å². The van der Waals surface area contributed by atoms with Crippen LogP contribution in [0.4, 0.5) is 0 Å². The molecule has 0 bridgehead atoms. The van der Waals surface area contributed by atoms with Crippen LogP contribution in [0.15, 0.2) is 22.7 Å². The highest BCUT2D eigenvalue weighted by atomic mass is 79.9. The Morgan fingerprint density at radius 1 is 1.38 bits per heavy atom. The average Bonchev–Trinajstić information content (AvgIpc) is 2.90. The fourth-order valence-corrected chi connectivity index (χ4v) is 3.19. The predicted molar refractivity (Wildman–Crippen MR) is 89.8 cm³/mol. The molecule has 0 heterocycles. The van der Waals surface area contributed by atoms with Crippen molar-refractivity contribution in [1.29, 1.82) is 0 Å². The molecule has 1 fully saturated rings. The van der Waals surface area contributed by atoms with Gasteiger partial charge in [-0.2, -0.15) is 0 Å². The highest BCUT2D eigenvalue weighted by molar-refractivity contribution is 9.10. The summed E-state index contributed by atoms with van der Waals surface area (Å²) in [6.07, 6.45) is 5.00. The standard InChI is InChI=1S/C17H26BrNO2/c1-3-10-19-13(2)15-7-6-14(18)11-16(15)21-12-17(20)8-4-5-9-17/h6-7,11,13,19-20H,3-5,8-10,12H2,1-2H3. The summed E-state index contributed by atoms with van der Waals surface area (Å²) in [6, 6.07) is 6.37. The molecule has 2 rings (SSSR count). The van der Waals surface area contributed by atoms with E-state index in [2.05, 4.69) is 41.2 Å². The van der Waals surface area contributed by atoms with E-state index in [9.17, 15) is 5.11 Å². The molecular weight excluding hydrogens is 330 g/mol. The molecular formula is C17H26BrNO2. The van der Waals surface area contributed by atoms with E-state index in [4.69, 9.17) is 4.74 Å². The summed E-state index contributed by atoms with van der Waals surface area (Å²) in [4.78, 5) is 0. The SMILES string of the molecule is CCCNC(C)c1ccc(Br)cc1OCC1(O)CCCC1. The molecule has 3 nitrogen and oxygen atoms in total. The third kappa shape index (κ3) is 4.70. The number of nitrogens with one attached hydrogen (secondary N) is 1. The number of hydrogen-bond donors (Lipinski definition) is 2. The van der Waals surface area contributed by atoms with Gasteiger partial charge >= 0.3 is 0 Å². The number of halogens is 1. The maximum Gasteiger partial charge on any atom is 0.125 e. The molecule has 2 N–H and O–H groups in total. The van der Waals surface area contributed by atoms with Crippen molar-refractivity contribution in [3.8, 4) is 5.75 Å². The van der Waals surface area contributed by atoms with E-state index in [0.717, 1.165) is 54.4 Å². The summed E-state index contributed by atoms with van der Waals surface area (Å²) in [5.74, 6) is 0.862. The van der Waals surface area contributed by atoms with Crippen molar-refractivity contribution in [3.63, 3.8) is 0 Å². The predicted octanol–water partition coefficient (Wildman–Crippen LogP) is 4.19. The molecule has 0 spiro atoms. The summed E-state index contributed by atoms with van der Waals surface area (Å²) < 4.78 is 6.99. The van der Waals surface area contributed by atoms with Crippen LogP contribution in [0.2, 0.25) is 0 Å². The third-order valence-electron chi connectivity index (χ3n) is 4.17. The quantitative estimate of drug-likeness (QED) is 0.770. The van der Waals surface area contributed by atoms with Crippen LogP contribution in [0, 0.1) is 0 Å². The Morgan fingerprint density at radius 2 is 2.10 bits per heavy atom. The highest BCUT2D eigenvalue weighted by Gasteiger charge is 2.32. The minimum absolute atomic E-state index is 0.242. The first-order valence-electron chi connectivity index (χ1n) is 7.92. The van der Waals surface area contributed by atoms with Crippen molar-refractivity contribution >= 4 is 15.9 Å². The smallest absolute Gasteiger partial charge is 0.125 e. The maximum atomic E-state index is 10.4. The van der Waals surface area contributed by atoms with E-state index in [1.54, 1.807) is 0 Å². The van der Waals surface area contributed by atoms with Gasteiger partial charge in [-0.05, 0) is 44.9 Å². The van der Waals surface area contributed by atoms with Gasteiger partial charge in [-0.3, -0.25) is 0 Å². The number of ether oxygens (including phenoxy) is 1. The van der Waals surface area contributed by atoms with Crippen LogP contribution < -0.4 is 10.1 Å². The molecule has 1 aliphatic rings. The third-order valence-corrected chi connectivity index (χ3v) is 4.67. The normalized spacial score (nSPS) is 18.7. The summed E-state index contributed by atoms with van der Waals surface area (Å²) in [5.41, 5.74) is 0.507. The zero-order valence-electron chi connectivity index (χ0n) is 13.0. The Kier molecular flexibility index (Phi) is 6.08. The molecule has 1 saturated carbocycles. The van der Waals surface area contributed by atoms with E-state index in [-0.39, 0.29) is 6.04 Å². The van der Waals surface area contributed by atoms with Gasteiger partial charge in [0.05, 0.1) is 5.60 Å². The van der Waals surface area contributed by atoms with E-state index in [0.29, 0.717) is 6.61 Å². The van der Waals surface area contributed by atoms with Gasteiger partial charge in [-0.1, -0.05) is 41.8 Å². The first-order valence-corrected chi connectivity index (χ1v) is 8.71. The number of aliphatic hydroxyl groups is 1. The summed E-state index contributed by atoms with van der Waals surface area (Å²) in [7, 11) is 0. The molecule has 0 amide bonds. The fraction of sp³-hybridized carbons (Fsp3) is 0.647. The fourth-order valence-electron chi connectivity index (χ4n) is 2.85.